The Morgan fingerprint density at radius 2 is 1.77 bits per heavy atom. The Morgan fingerprint density at radius 3 is 2.46 bits per heavy atom. The van der Waals surface area contributed by atoms with E-state index in [1.165, 1.54) is 32.2 Å². The van der Waals surface area contributed by atoms with Crippen LogP contribution in [-0.2, 0) is 9.59 Å². The van der Waals surface area contributed by atoms with E-state index in [1.54, 1.807) is 24.3 Å². The largest absolute Gasteiger partial charge is 0.376 e. The molecule has 0 aliphatic carbocycles. The molecule has 0 fully saturated rings. The van der Waals surface area contributed by atoms with Gasteiger partial charge in [0.1, 0.15) is 5.82 Å². The van der Waals surface area contributed by atoms with Gasteiger partial charge < -0.3 is 21.3 Å². The van der Waals surface area contributed by atoms with E-state index in [0.717, 1.165) is 0 Å². The fourth-order valence-corrected chi connectivity index (χ4v) is 2.19. The number of hydrogen-bond acceptors (Lipinski definition) is 4. The number of nitrogens with one attached hydrogen (secondary N) is 4. The molecule has 0 saturated heterocycles. The van der Waals surface area contributed by atoms with Crippen LogP contribution in [0.25, 0.3) is 0 Å². The van der Waals surface area contributed by atoms with E-state index in [2.05, 4.69) is 21.3 Å². The molecule has 8 heteroatoms. The fraction of sp³-hybridized carbons (Fsp3) is 0.167. The van der Waals surface area contributed by atoms with E-state index in [9.17, 15) is 18.8 Å². The molecule has 0 spiro atoms. The second-order valence-corrected chi connectivity index (χ2v) is 5.44. The van der Waals surface area contributed by atoms with Crippen LogP contribution in [0.5, 0.6) is 0 Å². The summed E-state index contributed by atoms with van der Waals surface area (Å²) in [6, 6.07) is 10.6. The van der Waals surface area contributed by atoms with Crippen LogP contribution in [0.1, 0.15) is 17.3 Å². The Morgan fingerprint density at radius 1 is 1.00 bits per heavy atom. The third-order valence-electron chi connectivity index (χ3n) is 3.37. The van der Waals surface area contributed by atoms with Crippen LogP contribution in [-0.4, -0.2) is 31.3 Å². The Balaban J connectivity index is 1.97. The summed E-state index contributed by atoms with van der Waals surface area (Å²) in [6.45, 7) is 1.20. The monoisotopic (exact) mass is 358 g/mol. The summed E-state index contributed by atoms with van der Waals surface area (Å²) >= 11 is 0. The van der Waals surface area contributed by atoms with Crippen molar-refractivity contribution in [1.82, 2.24) is 5.32 Å². The van der Waals surface area contributed by atoms with Gasteiger partial charge >= 0.3 is 0 Å². The Hall–Kier alpha value is -3.42. The fourth-order valence-electron chi connectivity index (χ4n) is 2.19. The summed E-state index contributed by atoms with van der Waals surface area (Å²) in [5, 5.41) is 10.4. The Kier molecular flexibility index (Phi) is 6.26. The second-order valence-electron chi connectivity index (χ2n) is 5.44. The normalized spacial score (nSPS) is 9.96. The maximum absolute atomic E-state index is 13.6. The molecule has 0 unspecified atom stereocenters. The topological polar surface area (TPSA) is 99.3 Å². The van der Waals surface area contributed by atoms with Gasteiger partial charge in [-0.25, -0.2) is 4.39 Å². The zero-order valence-corrected chi connectivity index (χ0v) is 14.4. The van der Waals surface area contributed by atoms with Crippen molar-refractivity contribution in [2.75, 3.05) is 29.5 Å². The first-order valence-corrected chi connectivity index (χ1v) is 7.82. The van der Waals surface area contributed by atoms with Gasteiger partial charge in [-0.05, 0) is 36.4 Å². The van der Waals surface area contributed by atoms with E-state index in [1.807, 2.05) is 0 Å². The second kappa shape index (κ2) is 8.61. The lowest BCUT2D eigenvalue weighted by molar-refractivity contribution is -0.115. The summed E-state index contributed by atoms with van der Waals surface area (Å²) in [7, 11) is 1.52. The molecule has 0 heterocycles. The molecule has 0 aliphatic heterocycles. The van der Waals surface area contributed by atoms with Crippen LogP contribution in [0.3, 0.4) is 0 Å². The smallest absolute Gasteiger partial charge is 0.251 e. The van der Waals surface area contributed by atoms with Crippen LogP contribution in [0.15, 0.2) is 42.5 Å². The number of anilines is 3. The summed E-state index contributed by atoms with van der Waals surface area (Å²) in [5.74, 6) is -1.56. The van der Waals surface area contributed by atoms with Crippen molar-refractivity contribution in [2.45, 2.75) is 6.92 Å². The van der Waals surface area contributed by atoms with Crippen molar-refractivity contribution in [1.29, 1.82) is 0 Å². The minimum Gasteiger partial charge on any atom is -0.376 e. The van der Waals surface area contributed by atoms with E-state index in [4.69, 9.17) is 0 Å². The van der Waals surface area contributed by atoms with E-state index >= 15 is 0 Å². The first-order chi connectivity index (χ1) is 12.4. The molecule has 0 saturated carbocycles. The van der Waals surface area contributed by atoms with Gasteiger partial charge in [0, 0.05) is 30.9 Å². The molecule has 2 rings (SSSR count). The van der Waals surface area contributed by atoms with Crippen molar-refractivity contribution in [3.63, 3.8) is 0 Å². The van der Waals surface area contributed by atoms with Gasteiger partial charge in [0.05, 0.1) is 12.2 Å². The van der Waals surface area contributed by atoms with Gasteiger partial charge in [-0.15, -0.1) is 0 Å². The number of halogens is 1. The predicted octanol–water partition coefficient (Wildman–Crippen LogP) is 2.19. The van der Waals surface area contributed by atoms with Crippen molar-refractivity contribution >= 4 is 34.8 Å². The van der Waals surface area contributed by atoms with Crippen molar-refractivity contribution in [3.05, 3.63) is 53.8 Å². The number of rotatable bonds is 6. The van der Waals surface area contributed by atoms with Crippen LogP contribution in [0.4, 0.5) is 21.5 Å². The van der Waals surface area contributed by atoms with Gasteiger partial charge in [-0.3, -0.25) is 14.4 Å². The molecule has 4 N–H and O–H groups in total. The molecule has 0 atom stereocenters. The lowest BCUT2D eigenvalue weighted by Crippen LogP contribution is -2.22. The molecule has 0 aliphatic rings. The zero-order valence-electron chi connectivity index (χ0n) is 14.4. The molecule has 0 aromatic heterocycles. The van der Waals surface area contributed by atoms with E-state index in [0.29, 0.717) is 16.9 Å². The highest BCUT2D eigenvalue weighted by molar-refractivity contribution is 5.98. The minimum absolute atomic E-state index is 0.0289. The summed E-state index contributed by atoms with van der Waals surface area (Å²) in [6.07, 6.45) is 0. The van der Waals surface area contributed by atoms with Gasteiger partial charge in [0.2, 0.25) is 11.8 Å². The van der Waals surface area contributed by atoms with Gasteiger partial charge in [0.15, 0.2) is 0 Å². The molecule has 26 heavy (non-hydrogen) atoms. The molecular weight excluding hydrogens is 339 g/mol. The lowest BCUT2D eigenvalue weighted by atomic mass is 10.2. The predicted molar refractivity (Wildman–Crippen MR) is 97.7 cm³/mol. The van der Waals surface area contributed by atoms with Crippen LogP contribution in [0, 0.1) is 5.82 Å². The SMILES string of the molecule is CNC(=O)c1cccc(NC(=O)CNc2ccc(F)c(NC(C)=O)c2)c1. The van der Waals surface area contributed by atoms with E-state index < -0.39 is 11.7 Å². The lowest BCUT2D eigenvalue weighted by Gasteiger charge is -2.11. The highest BCUT2D eigenvalue weighted by Gasteiger charge is 2.08. The van der Waals surface area contributed by atoms with Gasteiger partial charge in [-0.1, -0.05) is 6.07 Å². The summed E-state index contributed by atoms with van der Waals surface area (Å²) in [5.41, 5.74) is 1.42. The third-order valence-corrected chi connectivity index (χ3v) is 3.37. The first-order valence-electron chi connectivity index (χ1n) is 7.82. The highest BCUT2D eigenvalue weighted by atomic mass is 19.1. The Bertz CT molecular complexity index is 839. The molecule has 2 aromatic rings. The van der Waals surface area contributed by atoms with Crippen molar-refractivity contribution in [3.8, 4) is 0 Å². The standard InChI is InChI=1S/C18H19FN4O3/c1-11(24)22-16-9-13(6-7-15(16)19)21-10-17(25)23-14-5-3-4-12(8-14)18(26)20-2/h3-9,21H,10H2,1-2H3,(H,20,26)(H,22,24)(H,23,25). The molecule has 2 aromatic carbocycles. The van der Waals surface area contributed by atoms with Crippen LogP contribution >= 0.6 is 0 Å². The molecular formula is C18H19FN4O3. The first kappa shape index (κ1) is 18.9. The number of carbonyl (C=O) groups excluding carboxylic acids is 3. The van der Waals surface area contributed by atoms with Crippen LogP contribution < -0.4 is 21.3 Å². The average Bonchev–Trinajstić information content (AvgIpc) is 2.61. The maximum atomic E-state index is 13.6. The van der Waals surface area contributed by atoms with E-state index in [-0.39, 0.29) is 24.0 Å². The summed E-state index contributed by atoms with van der Waals surface area (Å²) in [4.78, 5) is 34.7. The van der Waals surface area contributed by atoms with Crippen molar-refractivity contribution < 1.29 is 18.8 Å². The zero-order chi connectivity index (χ0) is 19.1. The summed E-state index contributed by atoms with van der Waals surface area (Å²) < 4.78 is 13.6. The molecule has 3 amide bonds. The quantitative estimate of drug-likeness (QED) is 0.636. The molecule has 136 valence electrons. The van der Waals surface area contributed by atoms with Crippen molar-refractivity contribution in [2.24, 2.45) is 0 Å². The highest BCUT2D eigenvalue weighted by Crippen LogP contribution is 2.19. The Labute approximate surface area is 150 Å². The number of carbonyl (C=O) groups is 3. The van der Waals surface area contributed by atoms with Gasteiger partial charge in [-0.2, -0.15) is 0 Å². The number of amides is 3. The molecule has 0 radical (unpaired) electrons. The molecule has 0 bridgehead atoms. The maximum Gasteiger partial charge on any atom is 0.251 e. The van der Waals surface area contributed by atoms with Crippen LogP contribution in [0.2, 0.25) is 0 Å². The average molecular weight is 358 g/mol. The number of benzene rings is 2. The molecule has 7 nitrogen and oxygen atoms in total. The van der Waals surface area contributed by atoms with Gasteiger partial charge in [0.25, 0.3) is 5.91 Å². The third kappa shape index (κ3) is 5.30. The minimum atomic E-state index is -0.568. The number of hydrogen-bond donors (Lipinski definition) is 4.